The summed E-state index contributed by atoms with van der Waals surface area (Å²) in [6.45, 7) is 0.436. The normalized spacial score (nSPS) is 11.3. The molecule has 0 saturated carbocycles. The Morgan fingerprint density at radius 1 is 1.33 bits per heavy atom. The van der Waals surface area contributed by atoms with Gasteiger partial charge in [0.25, 0.3) is 5.91 Å². The molecule has 0 heterocycles. The third-order valence-corrected chi connectivity index (χ3v) is 2.84. The highest BCUT2D eigenvalue weighted by Crippen LogP contribution is 2.21. The predicted octanol–water partition coefficient (Wildman–Crippen LogP) is 3.64. The number of nitrogens with zero attached hydrogens (tertiary/aromatic N) is 1. The number of benzene rings is 1. The van der Waals surface area contributed by atoms with Crippen LogP contribution in [0.1, 0.15) is 30.1 Å². The molecule has 0 N–H and O–H groups in total. The number of unbranched alkanes of at least 4 members (excludes halogenated alkanes) is 1. The van der Waals surface area contributed by atoms with Crippen molar-refractivity contribution < 1.29 is 27.1 Å². The van der Waals surface area contributed by atoms with Crippen LogP contribution in [0.3, 0.4) is 0 Å². The summed E-state index contributed by atoms with van der Waals surface area (Å²) >= 11 is 0. The van der Waals surface area contributed by atoms with Crippen LogP contribution in [0.5, 0.6) is 5.75 Å². The Morgan fingerprint density at radius 2 is 2.00 bits per heavy atom. The average Bonchev–Trinajstić information content (AvgIpc) is 2.41. The molecular weight excluding hydrogens is 290 g/mol. The number of carbonyl (C=O) groups is 1. The maximum absolute atomic E-state index is 13.5. The Bertz CT molecular complexity index is 488. The van der Waals surface area contributed by atoms with Crippen LogP contribution in [0.4, 0.5) is 17.6 Å². The first kappa shape index (κ1) is 17.3. The molecule has 0 bridgehead atoms. The predicted molar refractivity (Wildman–Crippen MR) is 69.8 cm³/mol. The fraction of sp³-hybridized carbons (Fsp3) is 0.500. The van der Waals surface area contributed by atoms with Crippen LogP contribution in [0.25, 0.3) is 0 Å². The molecule has 1 aromatic carbocycles. The number of hydrogen-bond donors (Lipinski definition) is 0. The van der Waals surface area contributed by atoms with Crippen molar-refractivity contribution in [1.82, 2.24) is 4.90 Å². The van der Waals surface area contributed by atoms with Gasteiger partial charge in [-0.25, -0.2) is 4.39 Å². The Labute approximate surface area is 120 Å². The van der Waals surface area contributed by atoms with Crippen molar-refractivity contribution in [1.29, 1.82) is 0 Å². The van der Waals surface area contributed by atoms with E-state index in [1.165, 1.54) is 19.2 Å². The van der Waals surface area contributed by atoms with Gasteiger partial charge >= 0.3 is 6.18 Å². The van der Waals surface area contributed by atoms with Crippen molar-refractivity contribution in [2.24, 2.45) is 0 Å². The summed E-state index contributed by atoms with van der Waals surface area (Å²) in [5, 5.41) is 0. The summed E-state index contributed by atoms with van der Waals surface area (Å²) in [5.41, 5.74) is -0.131. The molecule has 0 unspecified atom stereocenters. The maximum atomic E-state index is 13.5. The smallest absolute Gasteiger partial charge is 0.406 e. The van der Waals surface area contributed by atoms with Gasteiger partial charge in [-0.1, -0.05) is 13.3 Å². The van der Waals surface area contributed by atoms with E-state index in [0.717, 1.165) is 6.07 Å². The summed E-state index contributed by atoms with van der Waals surface area (Å²) in [5.74, 6) is -1.70. The minimum Gasteiger partial charge on any atom is -0.494 e. The van der Waals surface area contributed by atoms with Crippen LogP contribution >= 0.6 is 0 Å². The molecule has 0 atom stereocenters. The van der Waals surface area contributed by atoms with Crippen molar-refractivity contribution in [3.8, 4) is 5.75 Å². The van der Waals surface area contributed by atoms with E-state index in [0.29, 0.717) is 17.7 Å². The standard InChI is InChI=1S/C14H17F4NO2/c1-3-4-7-19(9-14(16,17)18)13(20)10-5-6-12(21-2)11(15)8-10/h5-6,8H,3-4,7,9H2,1-2H3. The first-order valence-corrected chi connectivity index (χ1v) is 6.48. The maximum Gasteiger partial charge on any atom is 0.406 e. The molecule has 1 rings (SSSR count). The minimum absolute atomic E-state index is 0.0253. The number of halogens is 4. The highest BCUT2D eigenvalue weighted by Gasteiger charge is 2.33. The molecule has 0 aliphatic heterocycles. The average molecular weight is 307 g/mol. The molecule has 1 amide bonds. The van der Waals surface area contributed by atoms with E-state index in [1.54, 1.807) is 0 Å². The lowest BCUT2D eigenvalue weighted by atomic mass is 10.1. The lowest BCUT2D eigenvalue weighted by molar-refractivity contribution is -0.140. The van der Waals surface area contributed by atoms with Crippen LogP contribution in [0, 0.1) is 5.82 Å². The van der Waals surface area contributed by atoms with Gasteiger partial charge in [0.15, 0.2) is 11.6 Å². The molecule has 1 aromatic rings. The van der Waals surface area contributed by atoms with Crippen molar-refractivity contribution in [2.45, 2.75) is 25.9 Å². The van der Waals surface area contributed by atoms with Crippen molar-refractivity contribution >= 4 is 5.91 Å². The van der Waals surface area contributed by atoms with Crippen LogP contribution in [0.15, 0.2) is 18.2 Å². The molecule has 0 saturated heterocycles. The highest BCUT2D eigenvalue weighted by molar-refractivity contribution is 5.94. The molecule has 0 aliphatic carbocycles. The topological polar surface area (TPSA) is 29.5 Å². The molecular formula is C14H17F4NO2. The fourth-order valence-corrected chi connectivity index (χ4v) is 1.80. The van der Waals surface area contributed by atoms with E-state index in [4.69, 9.17) is 4.74 Å². The van der Waals surface area contributed by atoms with Crippen LogP contribution < -0.4 is 4.74 Å². The Hall–Kier alpha value is -1.79. The quantitative estimate of drug-likeness (QED) is 0.751. The summed E-state index contributed by atoms with van der Waals surface area (Å²) in [6, 6.07) is 3.35. The Kier molecular flexibility index (Phi) is 5.99. The fourth-order valence-electron chi connectivity index (χ4n) is 1.80. The summed E-state index contributed by atoms with van der Waals surface area (Å²) in [7, 11) is 1.26. The summed E-state index contributed by atoms with van der Waals surface area (Å²) < 4.78 is 55.8. The Morgan fingerprint density at radius 3 is 2.48 bits per heavy atom. The molecule has 0 radical (unpaired) electrons. The second kappa shape index (κ2) is 7.28. The molecule has 0 aromatic heterocycles. The molecule has 118 valence electrons. The minimum atomic E-state index is -4.49. The van der Waals surface area contributed by atoms with Gasteiger partial charge in [0, 0.05) is 12.1 Å². The number of ether oxygens (including phenoxy) is 1. The highest BCUT2D eigenvalue weighted by atomic mass is 19.4. The van der Waals surface area contributed by atoms with E-state index in [2.05, 4.69) is 0 Å². The third-order valence-electron chi connectivity index (χ3n) is 2.84. The van der Waals surface area contributed by atoms with E-state index in [9.17, 15) is 22.4 Å². The molecule has 21 heavy (non-hydrogen) atoms. The Balaban J connectivity index is 2.95. The van der Waals surface area contributed by atoms with E-state index in [-0.39, 0.29) is 17.9 Å². The monoisotopic (exact) mass is 307 g/mol. The van der Waals surface area contributed by atoms with Gasteiger partial charge in [0.1, 0.15) is 6.54 Å². The second-order valence-electron chi connectivity index (χ2n) is 4.54. The van der Waals surface area contributed by atoms with Crippen molar-refractivity contribution in [3.63, 3.8) is 0 Å². The summed E-state index contributed by atoms with van der Waals surface area (Å²) in [6.07, 6.45) is -3.40. The van der Waals surface area contributed by atoms with Gasteiger partial charge in [0.05, 0.1) is 7.11 Å². The number of alkyl halides is 3. The lowest BCUT2D eigenvalue weighted by Gasteiger charge is -2.24. The lowest BCUT2D eigenvalue weighted by Crippen LogP contribution is -2.39. The zero-order valence-electron chi connectivity index (χ0n) is 11.8. The van der Waals surface area contributed by atoms with Gasteiger partial charge in [-0.2, -0.15) is 13.2 Å². The molecule has 0 spiro atoms. The van der Waals surface area contributed by atoms with Crippen molar-refractivity contribution in [3.05, 3.63) is 29.6 Å². The first-order chi connectivity index (χ1) is 9.78. The second-order valence-corrected chi connectivity index (χ2v) is 4.54. The van der Waals surface area contributed by atoms with Crippen molar-refractivity contribution in [2.75, 3.05) is 20.2 Å². The van der Waals surface area contributed by atoms with E-state index < -0.39 is 24.4 Å². The number of amides is 1. The number of carbonyl (C=O) groups excluding carboxylic acids is 1. The van der Waals surface area contributed by atoms with E-state index in [1.807, 2.05) is 6.92 Å². The molecule has 7 heteroatoms. The molecule has 0 fully saturated rings. The third kappa shape index (κ3) is 5.24. The van der Waals surface area contributed by atoms with Gasteiger partial charge in [0.2, 0.25) is 0 Å². The van der Waals surface area contributed by atoms with Crippen LogP contribution in [-0.4, -0.2) is 37.2 Å². The zero-order chi connectivity index (χ0) is 16.0. The number of rotatable bonds is 6. The molecule has 3 nitrogen and oxygen atoms in total. The van der Waals surface area contributed by atoms with Crippen LogP contribution in [-0.2, 0) is 0 Å². The zero-order valence-corrected chi connectivity index (χ0v) is 11.8. The summed E-state index contributed by atoms with van der Waals surface area (Å²) in [4.78, 5) is 12.8. The largest absolute Gasteiger partial charge is 0.494 e. The number of hydrogen-bond acceptors (Lipinski definition) is 2. The van der Waals surface area contributed by atoms with Gasteiger partial charge < -0.3 is 9.64 Å². The van der Waals surface area contributed by atoms with Gasteiger partial charge in [-0.3, -0.25) is 4.79 Å². The SMILES string of the molecule is CCCCN(CC(F)(F)F)C(=O)c1ccc(OC)c(F)c1. The molecule has 0 aliphatic rings. The first-order valence-electron chi connectivity index (χ1n) is 6.48. The van der Waals surface area contributed by atoms with Gasteiger partial charge in [-0.05, 0) is 24.6 Å². The van der Waals surface area contributed by atoms with E-state index >= 15 is 0 Å². The number of methoxy groups -OCH3 is 1. The van der Waals surface area contributed by atoms with Crippen LogP contribution in [0.2, 0.25) is 0 Å². The van der Waals surface area contributed by atoms with Gasteiger partial charge in [-0.15, -0.1) is 0 Å².